The van der Waals surface area contributed by atoms with Crippen LogP contribution in [0.2, 0.25) is 0 Å². The maximum absolute atomic E-state index is 11.6. The van der Waals surface area contributed by atoms with Crippen LogP contribution in [0.15, 0.2) is 6.33 Å². The number of nitro groups is 1. The van der Waals surface area contributed by atoms with E-state index < -0.39 is 0 Å². The summed E-state index contributed by atoms with van der Waals surface area (Å²) in [5.74, 6) is 0.762. The molecule has 3 heterocycles. The average Bonchev–Trinajstić information content (AvgIpc) is 2.66. The molecule has 0 unspecified atom stereocenters. The van der Waals surface area contributed by atoms with Gasteiger partial charge in [-0.05, 0) is 32.2 Å². The summed E-state index contributed by atoms with van der Waals surface area (Å²) in [6.07, 6.45) is 5.58. The van der Waals surface area contributed by atoms with Gasteiger partial charge >= 0.3 is 5.69 Å². The molecule has 0 saturated carbocycles. The van der Waals surface area contributed by atoms with Crippen LogP contribution in [0.4, 0.5) is 17.3 Å². The van der Waals surface area contributed by atoms with E-state index >= 15 is 0 Å². The van der Waals surface area contributed by atoms with E-state index in [1.165, 1.54) is 12.7 Å². The third kappa shape index (κ3) is 4.76. The summed E-state index contributed by atoms with van der Waals surface area (Å²) in [7, 11) is 0. The number of aromatic nitrogens is 2. The zero-order chi connectivity index (χ0) is 17.5. The van der Waals surface area contributed by atoms with E-state index in [2.05, 4.69) is 20.2 Å². The number of rotatable bonds is 7. The Morgan fingerprint density at radius 3 is 2.64 bits per heavy atom. The molecule has 2 aliphatic rings. The Morgan fingerprint density at radius 2 is 1.92 bits per heavy atom. The fourth-order valence-corrected chi connectivity index (χ4v) is 3.34. The first-order chi connectivity index (χ1) is 12.3. The summed E-state index contributed by atoms with van der Waals surface area (Å²) in [6, 6.07) is 0. The maximum atomic E-state index is 11.6. The fraction of sp³-hybridized carbons (Fsp3) is 0.750. The van der Waals surface area contributed by atoms with Gasteiger partial charge in [0.1, 0.15) is 6.33 Å². The zero-order valence-electron chi connectivity index (χ0n) is 14.5. The molecule has 0 spiro atoms. The van der Waals surface area contributed by atoms with Crippen LogP contribution in [0, 0.1) is 10.1 Å². The van der Waals surface area contributed by atoms with Gasteiger partial charge in [-0.15, -0.1) is 0 Å². The molecule has 1 aromatic rings. The molecule has 2 aliphatic heterocycles. The van der Waals surface area contributed by atoms with E-state index in [0.29, 0.717) is 18.2 Å². The minimum atomic E-state index is -0.367. The summed E-state index contributed by atoms with van der Waals surface area (Å²) in [5, 5.41) is 14.7. The molecule has 3 rings (SSSR count). The Hall–Kier alpha value is -2.00. The van der Waals surface area contributed by atoms with Gasteiger partial charge in [-0.25, -0.2) is 9.97 Å². The Bertz CT molecular complexity index is 573. The second-order valence-electron chi connectivity index (χ2n) is 6.43. The minimum absolute atomic E-state index is 0.00391. The lowest BCUT2D eigenvalue weighted by Gasteiger charge is -2.27. The largest absolute Gasteiger partial charge is 0.379 e. The predicted molar refractivity (Wildman–Crippen MR) is 95.1 cm³/mol. The molecule has 9 nitrogen and oxygen atoms in total. The Kier molecular flexibility index (Phi) is 6.35. The highest BCUT2D eigenvalue weighted by Gasteiger charge is 2.27. The van der Waals surface area contributed by atoms with Crippen LogP contribution in [0.5, 0.6) is 0 Å². The van der Waals surface area contributed by atoms with Gasteiger partial charge in [0, 0.05) is 32.7 Å². The van der Waals surface area contributed by atoms with Crippen molar-refractivity contribution < 1.29 is 9.66 Å². The molecule has 0 radical (unpaired) electrons. The van der Waals surface area contributed by atoms with Crippen molar-refractivity contribution in [1.82, 2.24) is 14.9 Å². The van der Waals surface area contributed by atoms with E-state index in [9.17, 15) is 10.1 Å². The SMILES string of the molecule is O=[N+]([O-])c1c(NCCCN2CCOCC2)ncnc1N1CCCCC1. The second-order valence-corrected chi connectivity index (χ2v) is 6.43. The summed E-state index contributed by atoms with van der Waals surface area (Å²) in [5.41, 5.74) is -0.00391. The number of hydrogen-bond acceptors (Lipinski definition) is 8. The quantitative estimate of drug-likeness (QED) is 0.449. The highest BCUT2D eigenvalue weighted by Crippen LogP contribution is 2.33. The summed E-state index contributed by atoms with van der Waals surface area (Å²) in [6.45, 7) is 6.69. The van der Waals surface area contributed by atoms with Gasteiger partial charge in [0.05, 0.1) is 18.1 Å². The maximum Gasteiger partial charge on any atom is 0.353 e. The molecule has 9 heteroatoms. The van der Waals surface area contributed by atoms with Gasteiger partial charge in [-0.2, -0.15) is 0 Å². The van der Waals surface area contributed by atoms with E-state index in [0.717, 1.165) is 65.2 Å². The van der Waals surface area contributed by atoms with Crippen molar-refractivity contribution in [3.8, 4) is 0 Å². The third-order valence-corrected chi connectivity index (χ3v) is 4.69. The van der Waals surface area contributed by atoms with E-state index in [1.807, 2.05) is 4.90 Å². The average molecular weight is 350 g/mol. The van der Waals surface area contributed by atoms with Crippen molar-refractivity contribution in [3.63, 3.8) is 0 Å². The first kappa shape index (κ1) is 17.8. The van der Waals surface area contributed by atoms with Crippen LogP contribution in [0.3, 0.4) is 0 Å². The summed E-state index contributed by atoms with van der Waals surface area (Å²) < 4.78 is 5.33. The van der Waals surface area contributed by atoms with Crippen molar-refractivity contribution in [2.45, 2.75) is 25.7 Å². The molecular formula is C16H26N6O3. The number of nitrogens with zero attached hydrogens (tertiary/aromatic N) is 5. The van der Waals surface area contributed by atoms with Crippen LogP contribution in [-0.2, 0) is 4.74 Å². The van der Waals surface area contributed by atoms with E-state index in [-0.39, 0.29) is 10.6 Å². The third-order valence-electron chi connectivity index (χ3n) is 4.69. The van der Waals surface area contributed by atoms with Crippen LogP contribution in [0.25, 0.3) is 0 Å². The van der Waals surface area contributed by atoms with Gasteiger partial charge in [-0.1, -0.05) is 0 Å². The van der Waals surface area contributed by atoms with Crippen LogP contribution in [-0.4, -0.2) is 72.3 Å². The molecular weight excluding hydrogens is 324 g/mol. The Morgan fingerprint density at radius 1 is 1.16 bits per heavy atom. The molecule has 0 bridgehead atoms. The molecule has 0 aliphatic carbocycles. The van der Waals surface area contributed by atoms with Gasteiger partial charge in [0.2, 0.25) is 11.6 Å². The van der Waals surface area contributed by atoms with Gasteiger partial charge < -0.3 is 15.0 Å². The molecule has 1 N–H and O–H groups in total. The molecule has 25 heavy (non-hydrogen) atoms. The van der Waals surface area contributed by atoms with Crippen molar-refractivity contribution in [2.24, 2.45) is 0 Å². The van der Waals surface area contributed by atoms with E-state index in [1.54, 1.807) is 0 Å². The highest BCUT2D eigenvalue weighted by atomic mass is 16.6. The van der Waals surface area contributed by atoms with Crippen molar-refractivity contribution in [1.29, 1.82) is 0 Å². The predicted octanol–water partition coefficient (Wildman–Crippen LogP) is 1.51. The number of ether oxygens (including phenoxy) is 1. The number of anilines is 2. The van der Waals surface area contributed by atoms with Crippen molar-refractivity contribution in [2.75, 3.05) is 62.7 Å². The summed E-state index contributed by atoms with van der Waals surface area (Å²) in [4.78, 5) is 23.9. The van der Waals surface area contributed by atoms with Crippen molar-refractivity contribution >= 4 is 17.3 Å². The lowest BCUT2D eigenvalue weighted by molar-refractivity contribution is -0.383. The molecule has 0 atom stereocenters. The first-order valence-electron chi connectivity index (χ1n) is 9.04. The Labute approximate surface area is 147 Å². The number of piperidine rings is 1. The zero-order valence-corrected chi connectivity index (χ0v) is 14.5. The van der Waals surface area contributed by atoms with Crippen LogP contribution in [0.1, 0.15) is 25.7 Å². The van der Waals surface area contributed by atoms with Gasteiger partial charge in [-0.3, -0.25) is 15.0 Å². The topological polar surface area (TPSA) is 96.7 Å². The second kappa shape index (κ2) is 8.91. The van der Waals surface area contributed by atoms with Gasteiger partial charge in [0.15, 0.2) is 0 Å². The molecule has 2 saturated heterocycles. The number of hydrogen-bond donors (Lipinski definition) is 1. The number of nitrogens with one attached hydrogen (secondary N) is 1. The standard InChI is InChI=1S/C16H26N6O3/c23-22(24)14-15(17-5-4-6-20-9-11-25-12-10-20)18-13-19-16(14)21-7-2-1-3-8-21/h13H,1-12H2,(H,17,18,19). The minimum Gasteiger partial charge on any atom is -0.379 e. The normalized spacial score (nSPS) is 19.0. The Balaban J connectivity index is 1.60. The highest BCUT2D eigenvalue weighted by molar-refractivity contribution is 5.70. The molecule has 1 aromatic heterocycles. The monoisotopic (exact) mass is 350 g/mol. The van der Waals surface area contributed by atoms with Crippen molar-refractivity contribution in [3.05, 3.63) is 16.4 Å². The smallest absolute Gasteiger partial charge is 0.353 e. The lowest BCUT2D eigenvalue weighted by atomic mass is 10.1. The van der Waals surface area contributed by atoms with Crippen LogP contribution >= 0.6 is 0 Å². The molecule has 2 fully saturated rings. The lowest BCUT2D eigenvalue weighted by Crippen LogP contribution is -2.37. The molecule has 0 aromatic carbocycles. The van der Waals surface area contributed by atoms with E-state index in [4.69, 9.17) is 4.74 Å². The van der Waals surface area contributed by atoms with Gasteiger partial charge in [0.25, 0.3) is 0 Å². The number of morpholine rings is 1. The van der Waals surface area contributed by atoms with Crippen LogP contribution < -0.4 is 10.2 Å². The first-order valence-corrected chi connectivity index (χ1v) is 9.04. The molecule has 0 amide bonds. The fourth-order valence-electron chi connectivity index (χ4n) is 3.34. The molecule has 138 valence electrons. The summed E-state index contributed by atoms with van der Waals surface area (Å²) >= 11 is 0.